The lowest BCUT2D eigenvalue weighted by atomic mass is 10.0. The Balaban J connectivity index is 2.11. The number of rotatable bonds is 6. The van der Waals surface area contributed by atoms with Crippen LogP contribution in [0.1, 0.15) is 54.1 Å². The topological polar surface area (TPSA) is 34.1 Å². The third-order valence-corrected chi connectivity index (χ3v) is 5.14. The van der Waals surface area contributed by atoms with Gasteiger partial charge in [0.2, 0.25) is 0 Å². The molecule has 0 spiro atoms. The molecule has 1 aromatic heterocycles. The summed E-state index contributed by atoms with van der Waals surface area (Å²) in [5.74, 6) is 1.61. The first-order chi connectivity index (χ1) is 8.78. The Kier molecular flexibility index (Phi) is 5.15. The number of aromatic nitrogens is 1. The SMILES string of the molecule is CCC1CCC(c2nc(COC)c(CNC)s2)C1. The van der Waals surface area contributed by atoms with Gasteiger partial charge in [0.15, 0.2) is 0 Å². The first-order valence-corrected chi connectivity index (χ1v) is 7.72. The minimum absolute atomic E-state index is 0.636. The monoisotopic (exact) mass is 268 g/mol. The highest BCUT2D eigenvalue weighted by molar-refractivity contribution is 7.11. The van der Waals surface area contributed by atoms with Crippen LogP contribution in [0.5, 0.6) is 0 Å². The molecular weight excluding hydrogens is 244 g/mol. The molecule has 3 nitrogen and oxygen atoms in total. The molecule has 1 aliphatic rings. The van der Waals surface area contributed by atoms with Crippen molar-refractivity contribution in [1.29, 1.82) is 0 Å². The van der Waals surface area contributed by atoms with Gasteiger partial charge in [-0.05, 0) is 32.2 Å². The lowest BCUT2D eigenvalue weighted by Crippen LogP contribution is -2.06. The fraction of sp³-hybridized carbons (Fsp3) is 0.786. The molecule has 1 saturated carbocycles. The van der Waals surface area contributed by atoms with E-state index in [2.05, 4.69) is 12.2 Å². The van der Waals surface area contributed by atoms with Crippen LogP contribution in [0.3, 0.4) is 0 Å². The summed E-state index contributed by atoms with van der Waals surface area (Å²) in [6.07, 6.45) is 5.34. The van der Waals surface area contributed by atoms with Crippen molar-refractivity contribution in [3.05, 3.63) is 15.6 Å². The van der Waals surface area contributed by atoms with E-state index in [0.717, 1.165) is 18.2 Å². The Bertz CT molecular complexity index is 354. The smallest absolute Gasteiger partial charge is 0.0963 e. The van der Waals surface area contributed by atoms with Crippen LogP contribution in [0.25, 0.3) is 0 Å². The predicted octanol–water partition coefficient (Wildman–Crippen LogP) is 3.30. The van der Waals surface area contributed by atoms with Gasteiger partial charge < -0.3 is 10.1 Å². The van der Waals surface area contributed by atoms with Crippen LogP contribution in [0.4, 0.5) is 0 Å². The quantitative estimate of drug-likeness (QED) is 0.859. The molecule has 2 atom stereocenters. The number of nitrogens with zero attached hydrogens (tertiary/aromatic N) is 1. The van der Waals surface area contributed by atoms with E-state index in [9.17, 15) is 0 Å². The van der Waals surface area contributed by atoms with Gasteiger partial charge in [-0.15, -0.1) is 11.3 Å². The molecule has 1 aromatic rings. The largest absolute Gasteiger partial charge is 0.378 e. The molecule has 1 fully saturated rings. The van der Waals surface area contributed by atoms with Crippen LogP contribution in [0.2, 0.25) is 0 Å². The molecule has 0 aliphatic heterocycles. The van der Waals surface area contributed by atoms with Gasteiger partial charge in [-0.2, -0.15) is 0 Å². The molecule has 102 valence electrons. The van der Waals surface area contributed by atoms with Crippen molar-refractivity contribution in [2.24, 2.45) is 5.92 Å². The molecule has 1 aliphatic carbocycles. The highest BCUT2D eigenvalue weighted by atomic mass is 32.1. The molecular formula is C14H24N2OS. The maximum atomic E-state index is 5.25. The normalized spacial score (nSPS) is 23.7. The van der Waals surface area contributed by atoms with Crippen molar-refractivity contribution in [1.82, 2.24) is 10.3 Å². The Morgan fingerprint density at radius 1 is 1.44 bits per heavy atom. The summed E-state index contributed by atoms with van der Waals surface area (Å²) in [5, 5.41) is 4.56. The summed E-state index contributed by atoms with van der Waals surface area (Å²) in [6.45, 7) is 3.84. The van der Waals surface area contributed by atoms with Crippen LogP contribution >= 0.6 is 11.3 Å². The molecule has 1 heterocycles. The van der Waals surface area contributed by atoms with Crippen LogP contribution in [-0.4, -0.2) is 19.1 Å². The minimum atomic E-state index is 0.636. The van der Waals surface area contributed by atoms with E-state index in [1.807, 2.05) is 18.4 Å². The minimum Gasteiger partial charge on any atom is -0.378 e. The van der Waals surface area contributed by atoms with Gasteiger partial charge in [0.25, 0.3) is 0 Å². The molecule has 0 saturated heterocycles. The van der Waals surface area contributed by atoms with Crippen molar-refractivity contribution in [2.45, 2.75) is 51.7 Å². The summed E-state index contributed by atoms with van der Waals surface area (Å²) >= 11 is 1.88. The number of ether oxygens (including phenoxy) is 1. The first-order valence-electron chi connectivity index (χ1n) is 6.90. The summed E-state index contributed by atoms with van der Waals surface area (Å²) in [7, 11) is 3.73. The Morgan fingerprint density at radius 3 is 2.89 bits per heavy atom. The average Bonchev–Trinajstić information content (AvgIpc) is 2.97. The van der Waals surface area contributed by atoms with Crippen molar-refractivity contribution in [2.75, 3.05) is 14.2 Å². The highest BCUT2D eigenvalue weighted by Gasteiger charge is 2.27. The molecule has 0 bridgehead atoms. The third kappa shape index (κ3) is 3.11. The zero-order valence-electron chi connectivity index (χ0n) is 11.7. The zero-order chi connectivity index (χ0) is 13.0. The summed E-state index contributed by atoms with van der Waals surface area (Å²) in [4.78, 5) is 6.16. The van der Waals surface area contributed by atoms with Crippen molar-refractivity contribution in [3.63, 3.8) is 0 Å². The van der Waals surface area contributed by atoms with E-state index < -0.39 is 0 Å². The van der Waals surface area contributed by atoms with Gasteiger partial charge in [0.05, 0.1) is 17.3 Å². The molecule has 1 N–H and O–H groups in total. The van der Waals surface area contributed by atoms with E-state index in [4.69, 9.17) is 9.72 Å². The van der Waals surface area contributed by atoms with Gasteiger partial charge in [0.1, 0.15) is 0 Å². The number of hydrogen-bond donors (Lipinski definition) is 1. The van der Waals surface area contributed by atoms with Crippen LogP contribution < -0.4 is 5.32 Å². The molecule has 18 heavy (non-hydrogen) atoms. The average molecular weight is 268 g/mol. The third-order valence-electron chi connectivity index (χ3n) is 3.88. The van der Waals surface area contributed by atoms with Gasteiger partial charge in [-0.25, -0.2) is 4.98 Å². The van der Waals surface area contributed by atoms with Crippen molar-refractivity contribution in [3.8, 4) is 0 Å². The molecule has 4 heteroatoms. The van der Waals surface area contributed by atoms with Crippen LogP contribution in [0, 0.1) is 5.92 Å². The van der Waals surface area contributed by atoms with Gasteiger partial charge in [0, 0.05) is 24.4 Å². The first kappa shape index (κ1) is 14.0. The van der Waals surface area contributed by atoms with Crippen molar-refractivity contribution < 1.29 is 4.74 Å². The molecule has 0 aromatic carbocycles. The van der Waals surface area contributed by atoms with Gasteiger partial charge >= 0.3 is 0 Å². The van der Waals surface area contributed by atoms with E-state index in [-0.39, 0.29) is 0 Å². The molecule has 2 rings (SSSR count). The van der Waals surface area contributed by atoms with E-state index >= 15 is 0 Å². The summed E-state index contributed by atoms with van der Waals surface area (Å²) in [6, 6.07) is 0. The van der Waals surface area contributed by atoms with E-state index in [1.54, 1.807) is 7.11 Å². The second-order valence-electron chi connectivity index (χ2n) is 5.17. The number of hydrogen-bond acceptors (Lipinski definition) is 4. The maximum Gasteiger partial charge on any atom is 0.0963 e. The standard InChI is InChI=1S/C14H24N2OS/c1-4-10-5-6-11(7-10)14-16-12(9-17-3)13(18-14)8-15-2/h10-11,15H,4-9H2,1-3H3. The highest BCUT2D eigenvalue weighted by Crippen LogP contribution is 2.41. The fourth-order valence-corrected chi connectivity index (χ4v) is 4.02. The lowest BCUT2D eigenvalue weighted by Gasteiger charge is -2.06. The Morgan fingerprint density at radius 2 is 2.28 bits per heavy atom. The summed E-state index contributed by atoms with van der Waals surface area (Å²) < 4.78 is 5.25. The fourth-order valence-electron chi connectivity index (χ4n) is 2.80. The summed E-state index contributed by atoms with van der Waals surface area (Å²) in [5.41, 5.74) is 1.13. The number of methoxy groups -OCH3 is 1. The number of nitrogens with one attached hydrogen (secondary N) is 1. The van der Waals surface area contributed by atoms with Crippen LogP contribution in [-0.2, 0) is 17.9 Å². The lowest BCUT2D eigenvalue weighted by molar-refractivity contribution is 0.181. The zero-order valence-corrected chi connectivity index (χ0v) is 12.5. The second-order valence-corrected chi connectivity index (χ2v) is 6.28. The van der Waals surface area contributed by atoms with Gasteiger partial charge in [-0.3, -0.25) is 0 Å². The van der Waals surface area contributed by atoms with Crippen LogP contribution in [0.15, 0.2) is 0 Å². The van der Waals surface area contributed by atoms with E-state index in [1.165, 1.54) is 35.6 Å². The van der Waals surface area contributed by atoms with E-state index in [0.29, 0.717) is 12.5 Å². The Labute approximate surface area is 114 Å². The molecule has 2 unspecified atom stereocenters. The van der Waals surface area contributed by atoms with Gasteiger partial charge in [-0.1, -0.05) is 13.3 Å². The Hall–Kier alpha value is -0.450. The molecule has 0 radical (unpaired) electrons. The second kappa shape index (κ2) is 6.64. The maximum absolute atomic E-state index is 5.25. The predicted molar refractivity (Wildman–Crippen MR) is 76.0 cm³/mol. The molecule has 0 amide bonds. The van der Waals surface area contributed by atoms with Crippen molar-refractivity contribution >= 4 is 11.3 Å². The number of thiazole rings is 1.